The van der Waals surface area contributed by atoms with E-state index in [1.54, 1.807) is 0 Å². The van der Waals surface area contributed by atoms with Gasteiger partial charge >= 0.3 is 0 Å². The van der Waals surface area contributed by atoms with Gasteiger partial charge in [0.05, 0.1) is 28.2 Å². The predicted molar refractivity (Wildman–Crippen MR) is 173 cm³/mol. The van der Waals surface area contributed by atoms with Crippen LogP contribution in [0.25, 0.3) is 66.3 Å². The van der Waals surface area contributed by atoms with Crippen molar-refractivity contribution < 1.29 is 0 Å². The molecule has 0 aliphatic heterocycles. The quantitative estimate of drug-likeness (QED) is 0.221. The van der Waals surface area contributed by atoms with Gasteiger partial charge < -0.3 is 9.13 Å². The highest BCUT2D eigenvalue weighted by Gasteiger charge is 2.19. The van der Waals surface area contributed by atoms with Crippen molar-refractivity contribution in [3.05, 3.63) is 157 Å². The molecule has 0 atom stereocenters. The van der Waals surface area contributed by atoms with Crippen LogP contribution in [0.4, 0.5) is 0 Å². The van der Waals surface area contributed by atoms with Crippen LogP contribution in [-0.2, 0) is 0 Å². The fourth-order valence-corrected chi connectivity index (χ4v) is 6.17. The van der Waals surface area contributed by atoms with Crippen molar-refractivity contribution in [1.29, 1.82) is 5.26 Å². The first-order chi connectivity index (χ1) is 20.8. The first kappa shape index (κ1) is 24.0. The van der Waals surface area contributed by atoms with Gasteiger partial charge in [0.2, 0.25) is 0 Å². The van der Waals surface area contributed by atoms with Gasteiger partial charge in [0, 0.05) is 33.7 Å². The van der Waals surface area contributed by atoms with E-state index in [2.05, 4.69) is 143 Å². The van der Waals surface area contributed by atoms with Crippen molar-refractivity contribution >= 4 is 32.7 Å². The van der Waals surface area contributed by atoms with E-state index in [9.17, 15) is 5.26 Å². The van der Waals surface area contributed by atoms with Crippen LogP contribution in [0.1, 0.15) is 5.56 Å². The maximum Gasteiger partial charge on any atom is 0.0991 e. The summed E-state index contributed by atoms with van der Waals surface area (Å²) >= 11 is 0. The minimum Gasteiger partial charge on any atom is -0.315 e. The second kappa shape index (κ2) is 9.66. The van der Waals surface area contributed by atoms with Gasteiger partial charge in [-0.3, -0.25) is 0 Å². The van der Waals surface area contributed by atoms with Gasteiger partial charge in [-0.2, -0.15) is 5.26 Å². The number of rotatable bonds is 4. The lowest BCUT2D eigenvalue weighted by Gasteiger charge is -2.13. The normalized spacial score (nSPS) is 11.3. The molecule has 0 saturated carbocycles. The summed E-state index contributed by atoms with van der Waals surface area (Å²) in [4.78, 5) is 0. The Hall–Kier alpha value is -5.85. The Morgan fingerprint density at radius 3 is 1.93 bits per heavy atom. The number of nitriles is 1. The summed E-state index contributed by atoms with van der Waals surface area (Å²) in [7, 11) is 0. The molecule has 8 aromatic rings. The minimum atomic E-state index is 0.663. The van der Waals surface area contributed by atoms with E-state index in [0.29, 0.717) is 5.56 Å². The highest BCUT2D eigenvalue weighted by atomic mass is 15.0. The van der Waals surface area contributed by atoms with Crippen LogP contribution < -0.4 is 0 Å². The van der Waals surface area contributed by atoms with Crippen LogP contribution in [0.15, 0.2) is 152 Å². The maximum atomic E-state index is 9.28. The monoisotopic (exact) mass is 535 g/mol. The van der Waals surface area contributed by atoms with E-state index in [-0.39, 0.29) is 0 Å². The van der Waals surface area contributed by atoms with E-state index < -0.39 is 0 Å². The molecular formula is C39H25N3. The Labute approximate surface area is 243 Å². The summed E-state index contributed by atoms with van der Waals surface area (Å²) in [5, 5.41) is 12.9. The topological polar surface area (TPSA) is 33.6 Å². The molecule has 0 aliphatic rings. The molecule has 0 saturated heterocycles. The lowest BCUT2D eigenvalue weighted by atomic mass is 10.0. The molecule has 196 valence electrons. The van der Waals surface area contributed by atoms with Crippen molar-refractivity contribution in [3.8, 4) is 39.7 Å². The molecule has 0 amide bonds. The molecule has 0 spiro atoms. The van der Waals surface area contributed by atoms with Crippen molar-refractivity contribution in [2.45, 2.75) is 0 Å². The third-order valence-electron chi connectivity index (χ3n) is 8.17. The first-order valence-corrected chi connectivity index (χ1v) is 14.1. The summed E-state index contributed by atoms with van der Waals surface area (Å²) in [6, 6.07) is 53.4. The van der Waals surface area contributed by atoms with E-state index >= 15 is 0 Å². The lowest BCUT2D eigenvalue weighted by molar-refractivity contribution is 1.12. The number of fused-ring (bicyclic) bond motifs is 5. The maximum absolute atomic E-state index is 9.28. The van der Waals surface area contributed by atoms with Crippen molar-refractivity contribution in [1.82, 2.24) is 9.13 Å². The smallest absolute Gasteiger partial charge is 0.0991 e. The SMILES string of the molecule is N#Cc1ccc(-c2cccc(-n3c4ccc(-c5ccccc5)cc4c4ccc5ccn(-c6ccccc6)c5c43)c2)cc1. The van der Waals surface area contributed by atoms with E-state index in [1.165, 1.54) is 38.3 Å². The molecule has 0 unspecified atom stereocenters. The Kier molecular flexibility index (Phi) is 5.52. The molecule has 8 rings (SSSR count). The second-order valence-electron chi connectivity index (χ2n) is 10.6. The first-order valence-electron chi connectivity index (χ1n) is 14.1. The number of hydrogen-bond acceptors (Lipinski definition) is 1. The summed E-state index contributed by atoms with van der Waals surface area (Å²) in [6.07, 6.45) is 2.17. The highest BCUT2D eigenvalue weighted by Crippen LogP contribution is 2.40. The fourth-order valence-electron chi connectivity index (χ4n) is 6.17. The van der Waals surface area contributed by atoms with Crippen LogP contribution in [0.5, 0.6) is 0 Å². The lowest BCUT2D eigenvalue weighted by Crippen LogP contribution is -1.98. The van der Waals surface area contributed by atoms with E-state index in [1.807, 2.05) is 24.3 Å². The molecule has 0 aliphatic carbocycles. The zero-order chi connectivity index (χ0) is 28.0. The highest BCUT2D eigenvalue weighted by molar-refractivity contribution is 6.18. The van der Waals surface area contributed by atoms with Crippen LogP contribution in [0.3, 0.4) is 0 Å². The van der Waals surface area contributed by atoms with Crippen molar-refractivity contribution in [2.24, 2.45) is 0 Å². The van der Waals surface area contributed by atoms with Crippen molar-refractivity contribution in [2.75, 3.05) is 0 Å². The molecular weight excluding hydrogens is 510 g/mol. The Morgan fingerprint density at radius 1 is 0.476 bits per heavy atom. The molecule has 6 aromatic carbocycles. The zero-order valence-electron chi connectivity index (χ0n) is 22.8. The molecule has 2 heterocycles. The van der Waals surface area contributed by atoms with Gasteiger partial charge in [-0.1, -0.05) is 91.0 Å². The summed E-state index contributed by atoms with van der Waals surface area (Å²) in [6.45, 7) is 0. The second-order valence-corrected chi connectivity index (χ2v) is 10.6. The number of benzene rings is 6. The molecule has 0 N–H and O–H groups in total. The van der Waals surface area contributed by atoms with Gasteiger partial charge in [-0.25, -0.2) is 0 Å². The molecule has 2 aromatic heterocycles. The number of hydrogen-bond donors (Lipinski definition) is 0. The number of aromatic nitrogens is 2. The molecule has 42 heavy (non-hydrogen) atoms. The van der Waals surface area contributed by atoms with Gasteiger partial charge in [-0.05, 0) is 76.9 Å². The third-order valence-corrected chi connectivity index (χ3v) is 8.17. The van der Waals surface area contributed by atoms with Crippen LogP contribution in [0, 0.1) is 11.3 Å². The largest absolute Gasteiger partial charge is 0.315 e. The summed E-state index contributed by atoms with van der Waals surface area (Å²) in [5.41, 5.74) is 11.0. The molecule has 0 fully saturated rings. The molecule has 3 heteroatoms. The minimum absolute atomic E-state index is 0.663. The standard InChI is InChI=1S/C39H25N3/c40-26-27-14-16-29(17-15-27)31-10-7-13-34(24-31)42-37-21-19-32(28-8-3-1-4-9-28)25-36(37)35-20-18-30-22-23-41(38(30)39(35)42)33-11-5-2-6-12-33/h1-25H. The van der Waals surface area contributed by atoms with E-state index in [4.69, 9.17) is 0 Å². The van der Waals surface area contributed by atoms with Gasteiger partial charge in [-0.15, -0.1) is 0 Å². The molecule has 3 nitrogen and oxygen atoms in total. The predicted octanol–water partition coefficient (Wildman–Crippen LogP) is 9.93. The van der Waals surface area contributed by atoms with Crippen molar-refractivity contribution in [3.63, 3.8) is 0 Å². The average Bonchev–Trinajstić information content (AvgIpc) is 3.65. The fraction of sp³-hybridized carbons (Fsp3) is 0. The molecule has 0 bridgehead atoms. The Morgan fingerprint density at radius 2 is 1.14 bits per heavy atom. The number of nitrogens with zero attached hydrogens (tertiary/aromatic N) is 3. The Balaban J connectivity index is 1.45. The third kappa shape index (κ3) is 3.82. The summed E-state index contributed by atoms with van der Waals surface area (Å²) < 4.78 is 4.71. The van der Waals surface area contributed by atoms with E-state index in [0.717, 1.165) is 28.0 Å². The van der Waals surface area contributed by atoms with Gasteiger partial charge in [0.1, 0.15) is 0 Å². The summed E-state index contributed by atoms with van der Waals surface area (Å²) in [5.74, 6) is 0. The average molecular weight is 536 g/mol. The van der Waals surface area contributed by atoms with Crippen LogP contribution in [-0.4, -0.2) is 9.13 Å². The zero-order valence-corrected chi connectivity index (χ0v) is 22.8. The Bertz CT molecular complexity index is 2280. The number of para-hydroxylation sites is 1. The molecule has 0 radical (unpaired) electrons. The van der Waals surface area contributed by atoms with Crippen LogP contribution >= 0.6 is 0 Å². The van der Waals surface area contributed by atoms with Gasteiger partial charge in [0.25, 0.3) is 0 Å². The van der Waals surface area contributed by atoms with Crippen LogP contribution in [0.2, 0.25) is 0 Å². The van der Waals surface area contributed by atoms with Gasteiger partial charge in [0.15, 0.2) is 0 Å².